The third-order valence-corrected chi connectivity index (χ3v) is 1.25. The molecule has 5 nitrogen and oxygen atoms in total. The molecule has 1 heterocycles. The second kappa shape index (κ2) is 3.87. The van der Waals surface area contributed by atoms with Crippen molar-refractivity contribution >= 4 is 11.8 Å². The van der Waals surface area contributed by atoms with Crippen molar-refractivity contribution in [3.8, 4) is 0 Å². The summed E-state index contributed by atoms with van der Waals surface area (Å²) in [6, 6.07) is 0. The van der Waals surface area contributed by atoms with Crippen molar-refractivity contribution in [3.63, 3.8) is 0 Å². The molecule has 0 radical (unpaired) electrons. The van der Waals surface area contributed by atoms with Crippen LogP contribution in [0.5, 0.6) is 0 Å². The highest BCUT2D eigenvalue weighted by Crippen LogP contribution is 2.06. The molecule has 0 aromatic heterocycles. The van der Waals surface area contributed by atoms with Gasteiger partial charge in [0.1, 0.15) is 12.4 Å². The van der Waals surface area contributed by atoms with E-state index in [4.69, 9.17) is 9.47 Å². The Morgan fingerprint density at radius 1 is 1.58 bits per heavy atom. The van der Waals surface area contributed by atoms with Gasteiger partial charge in [-0.05, 0) is 0 Å². The van der Waals surface area contributed by atoms with Gasteiger partial charge in [-0.3, -0.25) is 4.79 Å². The Balaban J connectivity index is 2.54. The predicted molar refractivity (Wildman–Crippen MR) is 37.0 cm³/mol. The number of rotatable bonds is 2. The van der Waals surface area contributed by atoms with Crippen LogP contribution in [0.1, 0.15) is 0 Å². The molecular weight excluding hydrogens is 164 g/mol. The van der Waals surface area contributed by atoms with Crippen molar-refractivity contribution in [2.45, 2.75) is 0 Å². The minimum atomic E-state index is -0.905. The molecule has 0 aliphatic carbocycles. The Hall–Kier alpha value is -1.36. The standard InChI is InChI=1S/C7H8O5/c1-10-7(9)6(8)2-5-3-11-4-12-5/h2H,3-4H2,1H3/b5-2+. The molecule has 1 fully saturated rings. The minimum Gasteiger partial charge on any atom is -0.469 e. The largest absolute Gasteiger partial charge is 0.469 e. The van der Waals surface area contributed by atoms with Crippen molar-refractivity contribution in [1.29, 1.82) is 0 Å². The quantitative estimate of drug-likeness (QED) is 0.322. The minimum absolute atomic E-state index is 0.125. The van der Waals surface area contributed by atoms with E-state index in [1.807, 2.05) is 0 Å². The fourth-order valence-electron chi connectivity index (χ4n) is 0.690. The van der Waals surface area contributed by atoms with Crippen molar-refractivity contribution in [2.24, 2.45) is 0 Å². The molecule has 0 bridgehead atoms. The van der Waals surface area contributed by atoms with Gasteiger partial charge in [0.2, 0.25) is 0 Å². The Bertz CT molecular complexity index is 222. The molecule has 0 unspecified atom stereocenters. The number of ether oxygens (including phenoxy) is 3. The lowest BCUT2D eigenvalue weighted by Gasteiger charge is -1.94. The first-order chi connectivity index (χ1) is 5.74. The zero-order valence-electron chi connectivity index (χ0n) is 6.53. The van der Waals surface area contributed by atoms with Crippen LogP contribution >= 0.6 is 0 Å². The maximum Gasteiger partial charge on any atom is 0.378 e. The van der Waals surface area contributed by atoms with Crippen LogP contribution < -0.4 is 0 Å². The van der Waals surface area contributed by atoms with Crippen molar-refractivity contribution in [2.75, 3.05) is 20.5 Å². The fourth-order valence-corrected chi connectivity index (χ4v) is 0.690. The van der Waals surface area contributed by atoms with Crippen LogP contribution in [0.3, 0.4) is 0 Å². The molecule has 5 heteroatoms. The van der Waals surface area contributed by atoms with Crippen LogP contribution in [0.4, 0.5) is 0 Å². The molecule has 0 N–H and O–H groups in total. The first-order valence-electron chi connectivity index (χ1n) is 3.27. The molecule has 0 aromatic rings. The maximum atomic E-state index is 10.8. The second-order valence-corrected chi connectivity index (χ2v) is 2.08. The third kappa shape index (κ3) is 2.06. The smallest absolute Gasteiger partial charge is 0.378 e. The zero-order chi connectivity index (χ0) is 8.97. The van der Waals surface area contributed by atoms with Gasteiger partial charge in [-0.1, -0.05) is 0 Å². The normalized spacial score (nSPS) is 18.9. The summed E-state index contributed by atoms with van der Waals surface area (Å²) in [6.07, 6.45) is 1.07. The van der Waals surface area contributed by atoms with E-state index in [1.165, 1.54) is 0 Å². The van der Waals surface area contributed by atoms with Gasteiger partial charge in [-0.15, -0.1) is 0 Å². The van der Waals surface area contributed by atoms with Crippen molar-refractivity contribution in [1.82, 2.24) is 0 Å². The molecule has 0 aromatic carbocycles. The lowest BCUT2D eigenvalue weighted by molar-refractivity contribution is -0.149. The average molecular weight is 172 g/mol. The lowest BCUT2D eigenvalue weighted by Crippen LogP contribution is -2.13. The predicted octanol–water partition coefficient (Wildman–Crippen LogP) is -0.383. The molecule has 1 aliphatic heterocycles. The molecule has 0 amide bonds. The summed E-state index contributed by atoms with van der Waals surface area (Å²) >= 11 is 0. The number of hydrogen-bond donors (Lipinski definition) is 0. The van der Waals surface area contributed by atoms with Crippen LogP contribution in [0.25, 0.3) is 0 Å². The Labute approximate surface area is 68.9 Å². The van der Waals surface area contributed by atoms with E-state index in [0.29, 0.717) is 5.76 Å². The Morgan fingerprint density at radius 2 is 2.33 bits per heavy atom. The van der Waals surface area contributed by atoms with Crippen molar-refractivity contribution in [3.05, 3.63) is 11.8 Å². The van der Waals surface area contributed by atoms with E-state index in [9.17, 15) is 9.59 Å². The summed E-state index contributed by atoms with van der Waals surface area (Å²) < 4.78 is 13.8. The van der Waals surface area contributed by atoms with Crippen molar-refractivity contribution < 1.29 is 23.8 Å². The zero-order valence-corrected chi connectivity index (χ0v) is 6.53. The molecule has 0 atom stereocenters. The first-order valence-corrected chi connectivity index (χ1v) is 3.27. The molecule has 1 aliphatic rings. The van der Waals surface area contributed by atoms with Gasteiger partial charge in [0, 0.05) is 6.08 Å². The summed E-state index contributed by atoms with van der Waals surface area (Å²) in [5.74, 6) is -1.29. The van der Waals surface area contributed by atoms with Gasteiger partial charge in [0.05, 0.1) is 7.11 Å². The topological polar surface area (TPSA) is 61.8 Å². The third-order valence-electron chi connectivity index (χ3n) is 1.25. The molecular formula is C7H8O5. The number of ketones is 1. The lowest BCUT2D eigenvalue weighted by atomic mass is 10.3. The molecule has 66 valence electrons. The fraction of sp³-hybridized carbons (Fsp3) is 0.429. The molecule has 1 rings (SSSR count). The number of methoxy groups -OCH3 is 1. The summed E-state index contributed by atoms with van der Waals surface area (Å²) in [5, 5.41) is 0. The van der Waals surface area contributed by atoms with E-state index >= 15 is 0 Å². The first kappa shape index (κ1) is 8.73. The maximum absolute atomic E-state index is 10.8. The Morgan fingerprint density at radius 3 is 2.83 bits per heavy atom. The van der Waals surface area contributed by atoms with Gasteiger partial charge in [0.15, 0.2) is 6.79 Å². The summed E-state index contributed by atoms with van der Waals surface area (Å²) in [7, 11) is 1.14. The second-order valence-electron chi connectivity index (χ2n) is 2.08. The number of carbonyl (C=O) groups excluding carboxylic acids is 2. The highest BCUT2D eigenvalue weighted by molar-refractivity contribution is 6.38. The van der Waals surface area contributed by atoms with Crippen LogP contribution in [0, 0.1) is 0 Å². The van der Waals surface area contributed by atoms with Crippen LogP contribution in [-0.4, -0.2) is 32.3 Å². The monoisotopic (exact) mass is 172 g/mol. The van der Waals surface area contributed by atoms with E-state index in [0.717, 1.165) is 13.2 Å². The Kier molecular flexibility index (Phi) is 2.82. The highest BCUT2D eigenvalue weighted by Gasteiger charge is 2.15. The van der Waals surface area contributed by atoms with Gasteiger partial charge < -0.3 is 14.2 Å². The van der Waals surface area contributed by atoms with Crippen LogP contribution in [0.15, 0.2) is 11.8 Å². The van der Waals surface area contributed by atoms with Gasteiger partial charge in [0.25, 0.3) is 5.78 Å². The summed E-state index contributed by atoms with van der Waals surface area (Å²) in [4.78, 5) is 21.4. The van der Waals surface area contributed by atoms with E-state index in [2.05, 4.69) is 4.74 Å². The van der Waals surface area contributed by atoms with Gasteiger partial charge >= 0.3 is 5.97 Å². The molecule has 0 spiro atoms. The van der Waals surface area contributed by atoms with Gasteiger partial charge in [-0.25, -0.2) is 4.79 Å². The molecule has 12 heavy (non-hydrogen) atoms. The van der Waals surface area contributed by atoms with Gasteiger partial charge in [-0.2, -0.15) is 0 Å². The van der Waals surface area contributed by atoms with Crippen LogP contribution in [0.2, 0.25) is 0 Å². The van der Waals surface area contributed by atoms with E-state index in [1.54, 1.807) is 0 Å². The number of hydrogen-bond acceptors (Lipinski definition) is 5. The number of carbonyl (C=O) groups is 2. The SMILES string of the molecule is COC(=O)C(=O)/C=C1\COCO1. The summed E-state index contributed by atoms with van der Waals surface area (Å²) in [5.41, 5.74) is 0. The van der Waals surface area contributed by atoms with E-state index < -0.39 is 11.8 Å². The van der Waals surface area contributed by atoms with Crippen LogP contribution in [-0.2, 0) is 23.8 Å². The summed E-state index contributed by atoms with van der Waals surface area (Å²) in [6.45, 7) is 0.350. The molecule has 0 saturated carbocycles. The molecule has 1 saturated heterocycles. The highest BCUT2D eigenvalue weighted by atomic mass is 16.7. The average Bonchev–Trinajstić information content (AvgIpc) is 2.55. The van der Waals surface area contributed by atoms with E-state index in [-0.39, 0.29) is 13.4 Å². The number of esters is 1.